The van der Waals surface area contributed by atoms with Gasteiger partial charge in [0, 0.05) is 30.4 Å². The van der Waals surface area contributed by atoms with Crippen LogP contribution in [-0.2, 0) is 17.9 Å². The number of hydrogen-bond donors (Lipinski definition) is 1. The Morgan fingerprint density at radius 3 is 2.41 bits per heavy atom. The van der Waals surface area contributed by atoms with Gasteiger partial charge in [-0.15, -0.1) is 0 Å². The maximum atomic E-state index is 12.8. The second-order valence-electron chi connectivity index (χ2n) is 7.77. The number of carbonyl (C=O) groups is 2. The average Bonchev–Trinajstić information content (AvgIpc) is 3.66. The summed E-state index contributed by atoms with van der Waals surface area (Å²) in [6.07, 6.45) is 7.20. The lowest BCUT2D eigenvalue weighted by Gasteiger charge is -2.21. The third-order valence-corrected chi connectivity index (χ3v) is 5.27. The molecule has 0 bridgehead atoms. The molecule has 3 aromatic rings. The molecule has 0 aliphatic heterocycles. The summed E-state index contributed by atoms with van der Waals surface area (Å²) >= 11 is 0. The molecule has 1 aliphatic carbocycles. The van der Waals surface area contributed by atoms with E-state index in [4.69, 9.17) is 10.5 Å². The minimum absolute atomic E-state index is 0.0260. The Morgan fingerprint density at radius 1 is 1.03 bits per heavy atom. The van der Waals surface area contributed by atoms with Gasteiger partial charge >= 0.3 is 0 Å². The van der Waals surface area contributed by atoms with Gasteiger partial charge in [0.05, 0.1) is 5.69 Å². The number of amides is 2. The van der Waals surface area contributed by atoms with Crippen LogP contribution in [0.4, 0.5) is 0 Å². The van der Waals surface area contributed by atoms with Gasteiger partial charge in [-0.2, -0.15) is 0 Å². The zero-order chi connectivity index (χ0) is 22.3. The van der Waals surface area contributed by atoms with Crippen molar-refractivity contribution in [3.63, 3.8) is 0 Å². The van der Waals surface area contributed by atoms with E-state index in [-0.39, 0.29) is 11.9 Å². The van der Waals surface area contributed by atoms with E-state index < -0.39 is 5.91 Å². The van der Waals surface area contributed by atoms with Crippen LogP contribution in [0.15, 0.2) is 79.0 Å². The van der Waals surface area contributed by atoms with Crippen LogP contribution in [0.25, 0.3) is 6.08 Å². The summed E-state index contributed by atoms with van der Waals surface area (Å²) in [6.45, 7) is 0.915. The highest BCUT2D eigenvalue weighted by molar-refractivity contribution is 5.93. The first-order chi connectivity index (χ1) is 15.6. The lowest BCUT2D eigenvalue weighted by atomic mass is 10.1. The number of rotatable bonds is 9. The molecule has 1 aliphatic rings. The quantitative estimate of drug-likeness (QED) is 0.524. The first kappa shape index (κ1) is 21.3. The smallest absolute Gasteiger partial charge is 0.248 e. The predicted molar refractivity (Wildman–Crippen MR) is 123 cm³/mol. The van der Waals surface area contributed by atoms with Crippen LogP contribution in [0.3, 0.4) is 0 Å². The van der Waals surface area contributed by atoms with E-state index in [1.165, 1.54) is 0 Å². The average molecular weight is 428 g/mol. The molecule has 2 amide bonds. The van der Waals surface area contributed by atoms with Gasteiger partial charge in [-0.05, 0) is 66.4 Å². The number of benzene rings is 2. The number of nitrogens with two attached hydrogens (primary N) is 1. The molecule has 0 radical (unpaired) electrons. The van der Waals surface area contributed by atoms with E-state index in [2.05, 4.69) is 4.98 Å². The monoisotopic (exact) mass is 427 g/mol. The van der Waals surface area contributed by atoms with Crippen molar-refractivity contribution in [2.24, 2.45) is 5.73 Å². The molecule has 1 fully saturated rings. The van der Waals surface area contributed by atoms with Crippen LogP contribution in [0.5, 0.6) is 5.75 Å². The summed E-state index contributed by atoms with van der Waals surface area (Å²) in [4.78, 5) is 30.2. The van der Waals surface area contributed by atoms with Crippen LogP contribution in [0.1, 0.15) is 40.0 Å². The fraction of sp³-hybridized carbons (Fsp3) is 0.192. The molecule has 6 nitrogen and oxygen atoms in total. The van der Waals surface area contributed by atoms with Crippen molar-refractivity contribution >= 4 is 17.9 Å². The molecule has 0 spiro atoms. The van der Waals surface area contributed by atoms with E-state index >= 15 is 0 Å². The van der Waals surface area contributed by atoms with Crippen molar-refractivity contribution < 1.29 is 14.3 Å². The standard InChI is InChI=1S/C26H25N3O3/c27-26(31)21-9-4-20(5-10-21)17-29(23-11-12-23)25(30)15-8-19-6-13-24(14-7-19)32-18-22-3-1-2-16-28-22/h1-10,13-16,23H,11-12,17-18H2,(H2,27,31). The molecule has 32 heavy (non-hydrogen) atoms. The normalized spacial score (nSPS) is 13.1. The van der Waals surface area contributed by atoms with Crippen LogP contribution in [0, 0.1) is 0 Å². The van der Waals surface area contributed by atoms with Crippen LogP contribution in [-0.4, -0.2) is 27.7 Å². The maximum absolute atomic E-state index is 12.8. The van der Waals surface area contributed by atoms with Crippen molar-refractivity contribution in [3.05, 3.63) is 101 Å². The van der Waals surface area contributed by atoms with Gasteiger partial charge in [0.15, 0.2) is 0 Å². The van der Waals surface area contributed by atoms with Crippen molar-refractivity contribution in [2.45, 2.75) is 32.0 Å². The van der Waals surface area contributed by atoms with Gasteiger partial charge in [0.25, 0.3) is 0 Å². The highest BCUT2D eigenvalue weighted by Crippen LogP contribution is 2.29. The number of nitrogens with zero attached hydrogens (tertiary/aromatic N) is 2. The molecule has 162 valence electrons. The molecule has 6 heteroatoms. The molecular formula is C26H25N3O3. The summed E-state index contributed by atoms with van der Waals surface area (Å²) in [5.74, 6) is 0.267. The largest absolute Gasteiger partial charge is 0.487 e. The highest BCUT2D eigenvalue weighted by Gasteiger charge is 2.31. The topological polar surface area (TPSA) is 85.5 Å². The third kappa shape index (κ3) is 5.82. The zero-order valence-corrected chi connectivity index (χ0v) is 17.7. The Labute approximate surface area is 187 Å². The van der Waals surface area contributed by atoms with Gasteiger partial charge in [0.2, 0.25) is 11.8 Å². The maximum Gasteiger partial charge on any atom is 0.248 e. The van der Waals surface area contributed by atoms with Gasteiger partial charge in [-0.3, -0.25) is 14.6 Å². The number of primary amides is 1. The summed E-state index contributed by atoms with van der Waals surface area (Å²) in [5.41, 5.74) is 8.52. The molecule has 1 saturated carbocycles. The molecule has 4 rings (SSSR count). The lowest BCUT2D eigenvalue weighted by Crippen LogP contribution is -2.31. The summed E-state index contributed by atoms with van der Waals surface area (Å²) in [5, 5.41) is 0. The summed E-state index contributed by atoms with van der Waals surface area (Å²) < 4.78 is 5.75. The van der Waals surface area contributed by atoms with E-state index in [9.17, 15) is 9.59 Å². The van der Waals surface area contributed by atoms with Crippen LogP contribution < -0.4 is 10.5 Å². The van der Waals surface area contributed by atoms with Crippen LogP contribution in [0.2, 0.25) is 0 Å². The molecule has 1 heterocycles. The Balaban J connectivity index is 1.34. The lowest BCUT2D eigenvalue weighted by molar-refractivity contribution is -0.127. The van der Waals surface area contributed by atoms with Gasteiger partial charge in [-0.1, -0.05) is 30.3 Å². The van der Waals surface area contributed by atoms with E-state index in [0.29, 0.717) is 18.7 Å². The number of pyridine rings is 1. The third-order valence-electron chi connectivity index (χ3n) is 5.27. The van der Waals surface area contributed by atoms with Crippen molar-refractivity contribution in [3.8, 4) is 5.75 Å². The number of aromatic nitrogens is 1. The van der Waals surface area contributed by atoms with E-state index in [1.54, 1.807) is 24.4 Å². The number of hydrogen-bond acceptors (Lipinski definition) is 4. The molecule has 0 unspecified atom stereocenters. The van der Waals surface area contributed by atoms with Gasteiger partial charge in [0.1, 0.15) is 12.4 Å². The van der Waals surface area contributed by atoms with Crippen molar-refractivity contribution in [1.29, 1.82) is 0 Å². The fourth-order valence-electron chi connectivity index (χ4n) is 3.32. The van der Waals surface area contributed by atoms with Gasteiger partial charge in [-0.25, -0.2) is 0 Å². The molecule has 1 aromatic heterocycles. The Morgan fingerprint density at radius 2 is 1.78 bits per heavy atom. The van der Waals surface area contributed by atoms with Crippen molar-refractivity contribution in [1.82, 2.24) is 9.88 Å². The molecule has 2 N–H and O–H groups in total. The van der Waals surface area contributed by atoms with Crippen LogP contribution >= 0.6 is 0 Å². The second kappa shape index (κ2) is 9.92. The van der Waals surface area contributed by atoms with Gasteiger partial charge < -0.3 is 15.4 Å². The highest BCUT2D eigenvalue weighted by atomic mass is 16.5. The fourth-order valence-corrected chi connectivity index (χ4v) is 3.32. The Kier molecular flexibility index (Phi) is 6.60. The molecule has 0 saturated heterocycles. The summed E-state index contributed by atoms with van der Waals surface area (Å²) in [7, 11) is 0. The first-order valence-electron chi connectivity index (χ1n) is 10.6. The van der Waals surface area contributed by atoms with E-state index in [1.807, 2.05) is 65.6 Å². The molecular weight excluding hydrogens is 402 g/mol. The first-order valence-corrected chi connectivity index (χ1v) is 10.6. The SMILES string of the molecule is NC(=O)c1ccc(CN(C(=O)C=Cc2ccc(OCc3ccccn3)cc2)C2CC2)cc1. The predicted octanol–water partition coefficient (Wildman–Crippen LogP) is 3.96. The molecule has 0 atom stereocenters. The second-order valence-corrected chi connectivity index (χ2v) is 7.77. The molecule has 2 aromatic carbocycles. The van der Waals surface area contributed by atoms with Crippen molar-refractivity contribution in [2.75, 3.05) is 0 Å². The number of ether oxygens (including phenoxy) is 1. The minimum Gasteiger partial charge on any atom is -0.487 e. The minimum atomic E-state index is -0.456. The Bertz CT molecular complexity index is 1090. The zero-order valence-electron chi connectivity index (χ0n) is 17.7. The number of carbonyl (C=O) groups excluding carboxylic acids is 2. The Hall–Kier alpha value is -3.93. The summed E-state index contributed by atoms with van der Waals surface area (Å²) in [6, 6.07) is 20.7. The van der Waals surface area contributed by atoms with E-state index in [0.717, 1.165) is 35.4 Å².